The van der Waals surface area contributed by atoms with E-state index in [1.807, 2.05) is 0 Å². The number of halogens is 3. The van der Waals surface area contributed by atoms with Crippen molar-refractivity contribution in [2.45, 2.75) is 13.0 Å². The lowest BCUT2D eigenvalue weighted by Gasteiger charge is -2.16. The Morgan fingerprint density at radius 1 is 1.18 bits per heavy atom. The Morgan fingerprint density at radius 3 is 2.24 bits per heavy atom. The fourth-order valence-electron chi connectivity index (χ4n) is 1.39. The van der Waals surface area contributed by atoms with Crippen LogP contribution in [0.1, 0.15) is 6.92 Å². The molecule has 0 spiro atoms. The van der Waals surface area contributed by atoms with Crippen molar-refractivity contribution in [1.29, 1.82) is 0 Å². The molecule has 1 aromatic rings. The Bertz CT molecular complexity index is 517. The Hall–Kier alpha value is -0.160. The zero-order valence-corrected chi connectivity index (χ0v) is 12.4. The van der Waals surface area contributed by atoms with Crippen molar-refractivity contribution in [3.05, 3.63) is 27.2 Å². The second-order valence-electron chi connectivity index (χ2n) is 3.88. The third-order valence-corrected chi connectivity index (χ3v) is 4.10. The molecule has 0 aliphatic rings. The maximum Gasteiger partial charge on any atom is 0.149 e. The fraction of sp³-hybridized carbons (Fsp3) is 0.400. The lowest BCUT2D eigenvalue weighted by molar-refractivity contribution is 0.598. The Morgan fingerprint density at radius 2 is 1.71 bits per heavy atom. The predicted molar refractivity (Wildman–Crippen MR) is 74.3 cm³/mol. The highest BCUT2D eigenvalue weighted by Gasteiger charge is 2.13. The van der Waals surface area contributed by atoms with Crippen molar-refractivity contribution in [1.82, 2.24) is 0 Å². The number of rotatable bonds is 4. The van der Waals surface area contributed by atoms with Gasteiger partial charge in [0.25, 0.3) is 0 Å². The fourth-order valence-corrected chi connectivity index (χ4v) is 2.99. The van der Waals surface area contributed by atoms with Crippen LogP contribution in [0.5, 0.6) is 0 Å². The van der Waals surface area contributed by atoms with Crippen LogP contribution in [0.25, 0.3) is 0 Å². The zero-order chi connectivity index (χ0) is 13.2. The molecule has 7 heteroatoms. The van der Waals surface area contributed by atoms with Gasteiger partial charge in [-0.1, -0.05) is 34.8 Å². The molecule has 1 atom stereocenters. The van der Waals surface area contributed by atoms with Gasteiger partial charge in [-0.2, -0.15) is 0 Å². The highest BCUT2D eigenvalue weighted by molar-refractivity contribution is 7.90. The molecule has 0 saturated heterocycles. The van der Waals surface area contributed by atoms with Gasteiger partial charge in [-0.3, -0.25) is 0 Å². The molecule has 1 aromatic carbocycles. The SMILES string of the molecule is CC(CS(C)(=O)=O)Nc1cc(Cl)c(Cl)cc1Cl. The highest BCUT2D eigenvalue weighted by atomic mass is 35.5. The van der Waals surface area contributed by atoms with Crippen LogP contribution in [0, 0.1) is 0 Å². The number of nitrogens with one attached hydrogen (secondary N) is 1. The van der Waals surface area contributed by atoms with E-state index in [1.54, 1.807) is 13.0 Å². The third kappa shape index (κ3) is 4.92. The van der Waals surface area contributed by atoms with Crippen LogP contribution in [0.15, 0.2) is 12.1 Å². The van der Waals surface area contributed by atoms with Gasteiger partial charge in [0.1, 0.15) is 9.84 Å². The van der Waals surface area contributed by atoms with Crippen molar-refractivity contribution in [2.24, 2.45) is 0 Å². The number of anilines is 1. The van der Waals surface area contributed by atoms with Gasteiger partial charge in [-0.25, -0.2) is 8.42 Å². The minimum absolute atomic E-state index is 0.0174. The highest BCUT2D eigenvalue weighted by Crippen LogP contribution is 2.32. The van der Waals surface area contributed by atoms with Crippen molar-refractivity contribution >= 4 is 50.3 Å². The van der Waals surface area contributed by atoms with Gasteiger partial charge >= 0.3 is 0 Å². The average Bonchev–Trinajstić information content (AvgIpc) is 2.11. The number of hydrogen-bond acceptors (Lipinski definition) is 3. The Labute approximate surface area is 116 Å². The standard InChI is InChI=1S/C10H12Cl3NO2S/c1-6(5-17(2,15)16)14-10-4-8(12)7(11)3-9(10)13/h3-4,6,14H,5H2,1-2H3. The Kier molecular flexibility index (Phi) is 4.95. The molecule has 1 unspecified atom stereocenters. The molecule has 1 rings (SSSR count). The summed E-state index contributed by atoms with van der Waals surface area (Å²) in [6.45, 7) is 1.75. The summed E-state index contributed by atoms with van der Waals surface area (Å²) in [7, 11) is -3.04. The molecular weight excluding hydrogens is 305 g/mol. The van der Waals surface area contributed by atoms with Gasteiger partial charge in [-0.15, -0.1) is 0 Å². The lowest BCUT2D eigenvalue weighted by Crippen LogP contribution is -2.25. The van der Waals surface area contributed by atoms with Gasteiger partial charge in [0.2, 0.25) is 0 Å². The van der Waals surface area contributed by atoms with E-state index >= 15 is 0 Å². The quantitative estimate of drug-likeness (QED) is 0.865. The summed E-state index contributed by atoms with van der Waals surface area (Å²) in [5.41, 5.74) is 0.567. The monoisotopic (exact) mass is 315 g/mol. The van der Waals surface area contributed by atoms with E-state index in [0.29, 0.717) is 20.8 Å². The summed E-state index contributed by atoms with van der Waals surface area (Å²) in [5, 5.41) is 4.11. The molecule has 0 saturated carbocycles. The summed E-state index contributed by atoms with van der Waals surface area (Å²) >= 11 is 17.6. The molecule has 0 bridgehead atoms. The molecule has 1 N–H and O–H groups in total. The minimum atomic E-state index is -3.04. The first-order valence-corrected chi connectivity index (χ1v) is 7.97. The zero-order valence-electron chi connectivity index (χ0n) is 9.30. The predicted octanol–water partition coefficient (Wildman–Crippen LogP) is 3.49. The van der Waals surface area contributed by atoms with Gasteiger partial charge in [0, 0.05) is 12.3 Å². The van der Waals surface area contributed by atoms with Crippen molar-refractivity contribution in [3.63, 3.8) is 0 Å². The molecule has 0 amide bonds. The number of benzene rings is 1. The van der Waals surface area contributed by atoms with Crippen molar-refractivity contribution in [2.75, 3.05) is 17.3 Å². The third-order valence-electron chi connectivity index (χ3n) is 1.96. The van der Waals surface area contributed by atoms with Gasteiger partial charge in [-0.05, 0) is 19.1 Å². The molecule has 0 fully saturated rings. The number of hydrogen-bond donors (Lipinski definition) is 1. The van der Waals surface area contributed by atoms with Gasteiger partial charge in [0.15, 0.2) is 0 Å². The van der Waals surface area contributed by atoms with E-state index in [0.717, 1.165) is 0 Å². The van der Waals surface area contributed by atoms with Crippen LogP contribution in [-0.4, -0.2) is 26.5 Å². The molecule has 0 heterocycles. The summed E-state index contributed by atoms with van der Waals surface area (Å²) in [6.07, 6.45) is 1.18. The van der Waals surface area contributed by atoms with E-state index < -0.39 is 9.84 Å². The second kappa shape index (κ2) is 5.65. The summed E-state index contributed by atoms with van der Waals surface area (Å²) < 4.78 is 22.2. The van der Waals surface area contributed by atoms with E-state index in [4.69, 9.17) is 34.8 Å². The first kappa shape index (κ1) is 14.9. The first-order valence-electron chi connectivity index (χ1n) is 4.78. The minimum Gasteiger partial charge on any atom is -0.380 e. The molecule has 17 heavy (non-hydrogen) atoms. The van der Waals surface area contributed by atoms with Crippen LogP contribution >= 0.6 is 34.8 Å². The van der Waals surface area contributed by atoms with Crippen LogP contribution in [0.4, 0.5) is 5.69 Å². The molecule has 0 aromatic heterocycles. The normalized spacial score (nSPS) is 13.5. The maximum absolute atomic E-state index is 11.1. The molecule has 3 nitrogen and oxygen atoms in total. The van der Waals surface area contributed by atoms with Crippen LogP contribution in [0.2, 0.25) is 15.1 Å². The first-order chi connectivity index (χ1) is 7.69. The lowest BCUT2D eigenvalue weighted by atomic mass is 10.3. The van der Waals surface area contributed by atoms with E-state index in [1.165, 1.54) is 12.3 Å². The van der Waals surface area contributed by atoms with Crippen molar-refractivity contribution < 1.29 is 8.42 Å². The van der Waals surface area contributed by atoms with E-state index in [2.05, 4.69) is 5.32 Å². The molecule has 0 aliphatic heterocycles. The molecular formula is C10H12Cl3NO2S. The molecule has 0 aliphatic carbocycles. The van der Waals surface area contributed by atoms with Crippen molar-refractivity contribution in [3.8, 4) is 0 Å². The summed E-state index contributed by atoms with van der Waals surface area (Å²) in [5.74, 6) is 0.0174. The Balaban J connectivity index is 2.85. The van der Waals surface area contributed by atoms with E-state index in [9.17, 15) is 8.42 Å². The molecule has 0 radical (unpaired) electrons. The van der Waals surface area contributed by atoms with Crippen LogP contribution in [-0.2, 0) is 9.84 Å². The van der Waals surface area contributed by atoms with Crippen LogP contribution in [0.3, 0.4) is 0 Å². The smallest absolute Gasteiger partial charge is 0.149 e. The molecule has 96 valence electrons. The van der Waals surface area contributed by atoms with Gasteiger partial charge in [0.05, 0.1) is 26.5 Å². The number of sulfone groups is 1. The summed E-state index contributed by atoms with van der Waals surface area (Å²) in [4.78, 5) is 0. The second-order valence-corrected chi connectivity index (χ2v) is 7.29. The van der Waals surface area contributed by atoms with E-state index in [-0.39, 0.29) is 11.8 Å². The van der Waals surface area contributed by atoms with Crippen LogP contribution < -0.4 is 5.32 Å². The average molecular weight is 317 g/mol. The maximum atomic E-state index is 11.1. The van der Waals surface area contributed by atoms with Gasteiger partial charge < -0.3 is 5.32 Å². The largest absolute Gasteiger partial charge is 0.380 e. The topological polar surface area (TPSA) is 46.2 Å². The summed E-state index contributed by atoms with van der Waals surface area (Å²) in [6, 6.07) is 2.83.